The first-order valence-electron chi connectivity index (χ1n) is 8.23. The van der Waals surface area contributed by atoms with Crippen molar-refractivity contribution in [3.05, 3.63) is 36.0 Å². The van der Waals surface area contributed by atoms with Crippen molar-refractivity contribution in [3.63, 3.8) is 0 Å². The number of nitrogens with one attached hydrogen (secondary N) is 1. The molecule has 2 heterocycles. The van der Waals surface area contributed by atoms with E-state index in [0.29, 0.717) is 0 Å². The monoisotopic (exact) mass is 366 g/mol. The molecule has 1 aliphatic rings. The van der Waals surface area contributed by atoms with Crippen LogP contribution in [0, 0.1) is 0 Å². The first-order valence-corrected chi connectivity index (χ1v) is 8.23. The average molecular weight is 366 g/mol. The van der Waals surface area contributed by atoms with Gasteiger partial charge in [0.2, 0.25) is 0 Å². The van der Waals surface area contributed by atoms with Crippen LogP contribution in [0.15, 0.2) is 30.5 Å². The van der Waals surface area contributed by atoms with Crippen LogP contribution >= 0.6 is 0 Å². The number of carbonyl (C=O) groups is 1. The van der Waals surface area contributed by atoms with Crippen molar-refractivity contribution in [2.75, 3.05) is 6.61 Å². The minimum Gasteiger partial charge on any atom is -0.462 e. The molecule has 7 N–H and O–H groups in total. The molecule has 9 heteroatoms. The smallest absolute Gasteiger partial charge is 0.323 e. The molecule has 3 rings (SSSR count). The van der Waals surface area contributed by atoms with Crippen molar-refractivity contribution in [1.29, 1.82) is 0 Å². The Morgan fingerprint density at radius 3 is 2.69 bits per heavy atom. The fourth-order valence-corrected chi connectivity index (χ4v) is 2.96. The molecule has 0 spiro atoms. The van der Waals surface area contributed by atoms with Gasteiger partial charge in [0, 0.05) is 23.5 Å². The number of aliphatic hydroxyl groups excluding tert-OH is 4. The summed E-state index contributed by atoms with van der Waals surface area (Å²) in [5, 5.41) is 39.3. The zero-order valence-corrected chi connectivity index (χ0v) is 13.9. The first-order chi connectivity index (χ1) is 12.4. The van der Waals surface area contributed by atoms with E-state index < -0.39 is 49.3 Å². The highest BCUT2D eigenvalue weighted by Crippen LogP contribution is 2.21. The van der Waals surface area contributed by atoms with Crippen LogP contribution < -0.4 is 5.73 Å². The molecule has 9 nitrogen and oxygen atoms in total. The summed E-state index contributed by atoms with van der Waals surface area (Å²) in [5.74, 6) is -0.707. The molecule has 1 aromatic carbocycles. The number of rotatable bonds is 5. The molecule has 2 aromatic rings. The van der Waals surface area contributed by atoms with Crippen LogP contribution in [0.3, 0.4) is 0 Å². The predicted octanol–water partition coefficient (Wildman–Crippen LogP) is -1.62. The van der Waals surface area contributed by atoms with Crippen LogP contribution in [0.1, 0.15) is 5.56 Å². The summed E-state index contributed by atoms with van der Waals surface area (Å²) in [4.78, 5) is 15.2. The second-order valence-electron chi connectivity index (χ2n) is 6.34. The molecule has 0 bridgehead atoms. The molecule has 1 fully saturated rings. The normalized spacial score (nSPS) is 30.3. The molecule has 6 atom stereocenters. The molecule has 6 unspecified atom stereocenters. The minimum atomic E-state index is -1.68. The van der Waals surface area contributed by atoms with Gasteiger partial charge in [-0.15, -0.1) is 0 Å². The number of nitrogens with two attached hydrogens (primary N) is 1. The van der Waals surface area contributed by atoms with E-state index in [1.807, 2.05) is 24.3 Å². The van der Waals surface area contributed by atoms with Crippen molar-refractivity contribution in [2.45, 2.75) is 43.2 Å². The number of aromatic amines is 1. The number of H-pyrrole nitrogens is 1. The number of carbonyl (C=O) groups excluding carboxylic acids is 1. The Morgan fingerprint density at radius 2 is 1.92 bits per heavy atom. The number of aliphatic hydroxyl groups is 4. The highest BCUT2D eigenvalue weighted by atomic mass is 16.6. The maximum atomic E-state index is 12.1. The van der Waals surface area contributed by atoms with E-state index in [4.69, 9.17) is 15.2 Å². The Kier molecular flexibility index (Phi) is 5.56. The van der Waals surface area contributed by atoms with Crippen molar-refractivity contribution in [2.24, 2.45) is 5.73 Å². The lowest BCUT2D eigenvalue weighted by molar-refractivity contribution is -0.287. The fraction of sp³-hybridized carbons (Fsp3) is 0.471. The largest absolute Gasteiger partial charge is 0.462 e. The molecular formula is C17H22N2O7. The number of fused-ring (bicyclic) bond motifs is 1. The topological polar surface area (TPSA) is 158 Å². The summed E-state index contributed by atoms with van der Waals surface area (Å²) in [6.07, 6.45) is -5.58. The van der Waals surface area contributed by atoms with Gasteiger partial charge in [0.15, 0.2) is 6.29 Å². The maximum absolute atomic E-state index is 12.1. The van der Waals surface area contributed by atoms with Gasteiger partial charge in [0.05, 0.1) is 0 Å². The van der Waals surface area contributed by atoms with E-state index >= 15 is 0 Å². The number of benzene rings is 1. The third-order valence-electron chi connectivity index (χ3n) is 4.49. The number of aromatic nitrogens is 1. The first kappa shape index (κ1) is 18.8. The summed E-state index contributed by atoms with van der Waals surface area (Å²) in [5.41, 5.74) is 7.70. The van der Waals surface area contributed by atoms with Gasteiger partial charge in [-0.25, -0.2) is 0 Å². The van der Waals surface area contributed by atoms with E-state index in [0.717, 1.165) is 16.5 Å². The second-order valence-corrected chi connectivity index (χ2v) is 6.34. The van der Waals surface area contributed by atoms with Crippen LogP contribution in [0.5, 0.6) is 0 Å². The second kappa shape index (κ2) is 7.70. The number of hydrogen-bond donors (Lipinski definition) is 6. The van der Waals surface area contributed by atoms with Crippen LogP contribution in [0.2, 0.25) is 0 Å². The number of hydrogen-bond acceptors (Lipinski definition) is 8. The van der Waals surface area contributed by atoms with Gasteiger partial charge in [-0.2, -0.15) is 0 Å². The molecule has 142 valence electrons. The number of para-hydroxylation sites is 1. The standard InChI is InChI=1S/C17H22N2O7/c18-10(5-8-6-19-11-4-2-1-3-9(8)11)16(23)25-7-12-13(20)14(21)15(22)17(24)26-12/h1-4,6,10,12-15,17,19-22,24H,5,7,18H2. The van der Waals surface area contributed by atoms with Gasteiger partial charge < -0.3 is 40.6 Å². The summed E-state index contributed by atoms with van der Waals surface area (Å²) in [6.45, 7) is -0.414. The lowest BCUT2D eigenvalue weighted by Gasteiger charge is -2.37. The van der Waals surface area contributed by atoms with Crippen LogP contribution in [-0.2, 0) is 20.7 Å². The van der Waals surface area contributed by atoms with Gasteiger partial charge in [-0.3, -0.25) is 4.79 Å². The van der Waals surface area contributed by atoms with Crippen molar-refractivity contribution >= 4 is 16.9 Å². The lowest BCUT2D eigenvalue weighted by atomic mass is 9.99. The zero-order valence-electron chi connectivity index (χ0n) is 13.9. The van der Waals surface area contributed by atoms with Crippen molar-refractivity contribution in [3.8, 4) is 0 Å². The molecule has 0 aliphatic carbocycles. The van der Waals surface area contributed by atoms with Gasteiger partial charge in [0.1, 0.15) is 37.1 Å². The third kappa shape index (κ3) is 3.73. The van der Waals surface area contributed by atoms with E-state index in [9.17, 15) is 25.2 Å². The van der Waals surface area contributed by atoms with Gasteiger partial charge >= 0.3 is 5.97 Å². The van der Waals surface area contributed by atoms with Crippen LogP contribution in [-0.4, -0.2) is 74.7 Å². The summed E-state index contributed by atoms with van der Waals surface area (Å²) in [7, 11) is 0. The van der Waals surface area contributed by atoms with Crippen molar-refractivity contribution in [1.82, 2.24) is 4.98 Å². The molecule has 1 aromatic heterocycles. The van der Waals surface area contributed by atoms with Crippen LogP contribution in [0.25, 0.3) is 10.9 Å². The lowest BCUT2D eigenvalue weighted by Crippen LogP contribution is -2.58. The Bertz CT molecular complexity index is 764. The predicted molar refractivity (Wildman–Crippen MR) is 89.8 cm³/mol. The molecule has 0 saturated carbocycles. The quantitative estimate of drug-likeness (QED) is 0.345. The van der Waals surface area contributed by atoms with Gasteiger partial charge in [-0.05, 0) is 11.6 Å². The molecule has 1 aliphatic heterocycles. The number of esters is 1. The molecule has 1 saturated heterocycles. The van der Waals surface area contributed by atoms with E-state index in [2.05, 4.69) is 4.98 Å². The van der Waals surface area contributed by atoms with E-state index in [1.165, 1.54) is 0 Å². The van der Waals surface area contributed by atoms with Gasteiger partial charge in [-0.1, -0.05) is 18.2 Å². The summed E-state index contributed by atoms with van der Waals surface area (Å²) >= 11 is 0. The highest BCUT2D eigenvalue weighted by Gasteiger charge is 2.43. The maximum Gasteiger partial charge on any atom is 0.323 e. The summed E-state index contributed by atoms with van der Waals surface area (Å²) in [6, 6.07) is 6.67. The number of ether oxygens (including phenoxy) is 2. The van der Waals surface area contributed by atoms with Gasteiger partial charge in [0.25, 0.3) is 0 Å². The third-order valence-corrected chi connectivity index (χ3v) is 4.49. The molecular weight excluding hydrogens is 344 g/mol. The fourth-order valence-electron chi connectivity index (χ4n) is 2.96. The summed E-state index contributed by atoms with van der Waals surface area (Å²) < 4.78 is 9.99. The van der Waals surface area contributed by atoms with Crippen molar-refractivity contribution < 1.29 is 34.7 Å². The van der Waals surface area contributed by atoms with Crippen LogP contribution in [0.4, 0.5) is 0 Å². The molecule has 0 radical (unpaired) electrons. The van der Waals surface area contributed by atoms with E-state index in [1.54, 1.807) is 6.20 Å². The average Bonchev–Trinajstić information content (AvgIpc) is 3.04. The van der Waals surface area contributed by atoms with E-state index in [-0.39, 0.29) is 6.42 Å². The minimum absolute atomic E-state index is 0.251. The zero-order chi connectivity index (χ0) is 18.8. The Hall–Kier alpha value is -2.01. The molecule has 26 heavy (non-hydrogen) atoms. The SMILES string of the molecule is NC(Cc1c[nH]c2ccccc12)C(=O)OCC1OC(O)C(O)C(O)C1O. The highest BCUT2D eigenvalue weighted by molar-refractivity contribution is 5.84. The Morgan fingerprint density at radius 1 is 1.19 bits per heavy atom. The Labute approximate surface area is 149 Å². The Balaban J connectivity index is 1.56. The molecule has 0 amide bonds.